The molecule has 0 aromatic heterocycles. The highest BCUT2D eigenvalue weighted by molar-refractivity contribution is 7.51. The minimum Gasteiger partial charge on any atom is -0.394 e. The molecule has 1 atom stereocenters. The van der Waals surface area contributed by atoms with Gasteiger partial charge in [0.15, 0.2) is 0 Å². The van der Waals surface area contributed by atoms with E-state index < -0.39 is 7.75 Å². The number of aliphatic hydroxyl groups excluding tert-OH is 1. The molecule has 0 rings (SSSR count). The summed E-state index contributed by atoms with van der Waals surface area (Å²) in [5.41, 5.74) is 0. The second-order valence-electron chi connectivity index (χ2n) is 2.88. The summed E-state index contributed by atoms with van der Waals surface area (Å²) in [5, 5.41) is 8.70. The number of nitrogens with zero attached hydrogens (tertiary/aromatic N) is 1. The summed E-state index contributed by atoms with van der Waals surface area (Å²) in [6.07, 6.45) is 0. The van der Waals surface area contributed by atoms with E-state index >= 15 is 0 Å². The third-order valence-corrected chi connectivity index (χ3v) is 4.31. The Labute approximate surface area is 117 Å². The first kappa shape index (κ1) is 17.9. The highest BCUT2D eigenvalue weighted by Crippen LogP contribution is 2.51. The van der Waals surface area contributed by atoms with Crippen LogP contribution >= 0.6 is 42.5 Å². The molecule has 0 aliphatic rings. The van der Waals surface area contributed by atoms with E-state index in [4.69, 9.17) is 49.0 Å². The summed E-state index contributed by atoms with van der Waals surface area (Å²) in [6, 6.07) is 0. The monoisotopic (exact) mass is 327 g/mol. The van der Waals surface area contributed by atoms with Crippen LogP contribution in [0.4, 0.5) is 0 Å². The zero-order chi connectivity index (χ0) is 13.1. The third kappa shape index (κ3) is 7.19. The lowest BCUT2D eigenvalue weighted by atomic mass is 10.6. The quantitative estimate of drug-likeness (QED) is 0.465. The molecule has 0 saturated heterocycles. The van der Waals surface area contributed by atoms with Crippen molar-refractivity contribution in [2.24, 2.45) is 0 Å². The van der Waals surface area contributed by atoms with Gasteiger partial charge in [-0.2, -0.15) is 0 Å². The Morgan fingerprint density at radius 2 is 1.53 bits per heavy atom. The average molecular weight is 329 g/mol. The van der Waals surface area contributed by atoms with Gasteiger partial charge in [0.2, 0.25) is 0 Å². The van der Waals surface area contributed by atoms with E-state index in [1.807, 2.05) is 0 Å². The van der Waals surface area contributed by atoms with Gasteiger partial charge < -0.3 is 5.11 Å². The molecule has 0 amide bonds. The number of rotatable bonds is 11. The molecular formula is C8H17Cl3NO4P. The maximum atomic E-state index is 12.4. The van der Waals surface area contributed by atoms with E-state index in [1.54, 1.807) is 0 Å². The lowest BCUT2D eigenvalue weighted by Crippen LogP contribution is -2.28. The van der Waals surface area contributed by atoms with Crippen LogP contribution in [-0.4, -0.2) is 60.3 Å². The molecule has 0 heterocycles. The molecule has 17 heavy (non-hydrogen) atoms. The van der Waals surface area contributed by atoms with Crippen LogP contribution in [0.2, 0.25) is 0 Å². The van der Waals surface area contributed by atoms with E-state index in [9.17, 15) is 4.57 Å². The van der Waals surface area contributed by atoms with Crippen LogP contribution in [0.3, 0.4) is 0 Å². The van der Waals surface area contributed by atoms with Crippen molar-refractivity contribution in [3.63, 3.8) is 0 Å². The van der Waals surface area contributed by atoms with Crippen LogP contribution in [0.15, 0.2) is 0 Å². The van der Waals surface area contributed by atoms with Crippen molar-refractivity contribution in [2.45, 2.75) is 0 Å². The first-order valence-electron chi connectivity index (χ1n) is 5.08. The molecule has 0 aliphatic heterocycles. The molecule has 0 unspecified atom stereocenters. The molecule has 0 aromatic carbocycles. The van der Waals surface area contributed by atoms with Crippen molar-refractivity contribution < 1.29 is 18.7 Å². The van der Waals surface area contributed by atoms with Gasteiger partial charge in [-0.3, -0.25) is 9.05 Å². The van der Waals surface area contributed by atoms with Gasteiger partial charge in [-0.15, -0.1) is 34.8 Å². The normalized spacial score (nSPS) is 15.1. The van der Waals surface area contributed by atoms with Crippen LogP contribution in [-0.2, 0) is 13.6 Å². The smallest absolute Gasteiger partial charge is 0.394 e. The molecule has 0 saturated carbocycles. The topological polar surface area (TPSA) is 59.0 Å². The van der Waals surface area contributed by atoms with E-state index in [1.165, 1.54) is 4.67 Å². The zero-order valence-corrected chi connectivity index (χ0v) is 12.5. The largest absolute Gasteiger partial charge is 0.408 e. The Kier molecular flexibility index (Phi) is 11.4. The van der Waals surface area contributed by atoms with Gasteiger partial charge in [0.05, 0.1) is 19.8 Å². The van der Waals surface area contributed by atoms with Crippen molar-refractivity contribution in [1.29, 1.82) is 0 Å². The van der Waals surface area contributed by atoms with Crippen LogP contribution in [0, 0.1) is 0 Å². The summed E-state index contributed by atoms with van der Waals surface area (Å²) >= 11 is 16.7. The van der Waals surface area contributed by atoms with Crippen LogP contribution in [0.5, 0.6) is 0 Å². The Morgan fingerprint density at radius 3 is 1.94 bits per heavy atom. The fourth-order valence-corrected chi connectivity index (χ4v) is 3.61. The highest BCUT2D eigenvalue weighted by Gasteiger charge is 2.32. The van der Waals surface area contributed by atoms with E-state index in [0.717, 1.165) is 0 Å². The second-order valence-corrected chi connectivity index (χ2v) is 6.03. The van der Waals surface area contributed by atoms with Crippen LogP contribution < -0.4 is 0 Å². The zero-order valence-electron chi connectivity index (χ0n) is 9.36. The molecule has 0 spiro atoms. The summed E-state index contributed by atoms with van der Waals surface area (Å²) in [5.74, 6) is 0.739. The van der Waals surface area contributed by atoms with Crippen molar-refractivity contribution in [3.05, 3.63) is 0 Å². The Balaban J connectivity index is 4.62. The number of alkyl halides is 3. The number of hydrogen-bond acceptors (Lipinski definition) is 4. The predicted molar refractivity (Wildman–Crippen MR) is 70.3 cm³/mol. The first-order valence-corrected chi connectivity index (χ1v) is 8.17. The predicted octanol–water partition coefficient (Wildman–Crippen LogP) is 2.14. The lowest BCUT2D eigenvalue weighted by molar-refractivity contribution is 0.136. The summed E-state index contributed by atoms with van der Waals surface area (Å²) in [7, 11) is -3.48. The molecule has 104 valence electrons. The molecule has 0 fully saturated rings. The van der Waals surface area contributed by atoms with Gasteiger partial charge >= 0.3 is 7.75 Å². The Hall–Kier alpha value is 0.940. The van der Waals surface area contributed by atoms with E-state index in [0.29, 0.717) is 13.1 Å². The molecular weight excluding hydrogens is 311 g/mol. The molecule has 5 nitrogen and oxygen atoms in total. The minimum absolute atomic E-state index is 0.0827. The molecule has 0 radical (unpaired) electrons. The fourth-order valence-electron chi connectivity index (χ4n) is 1.06. The summed E-state index contributed by atoms with van der Waals surface area (Å²) in [4.78, 5) is 0. The third-order valence-electron chi connectivity index (χ3n) is 1.71. The van der Waals surface area contributed by atoms with Crippen molar-refractivity contribution >= 4 is 42.5 Å². The maximum absolute atomic E-state index is 12.4. The van der Waals surface area contributed by atoms with Crippen LogP contribution in [0.25, 0.3) is 0 Å². The SMILES string of the molecule is O=[P@](OCCO)(OCCCl)N(CCCl)CCCl. The van der Waals surface area contributed by atoms with Gasteiger partial charge in [-0.1, -0.05) is 0 Å². The Morgan fingerprint density at radius 1 is 1.00 bits per heavy atom. The summed E-state index contributed by atoms with van der Waals surface area (Å²) in [6.45, 7) is 0.397. The van der Waals surface area contributed by atoms with Gasteiger partial charge in [0.1, 0.15) is 0 Å². The van der Waals surface area contributed by atoms with Crippen molar-refractivity contribution in [2.75, 3.05) is 50.6 Å². The number of halogens is 3. The van der Waals surface area contributed by atoms with Gasteiger partial charge in [-0.25, -0.2) is 9.24 Å². The van der Waals surface area contributed by atoms with Crippen LogP contribution in [0.1, 0.15) is 0 Å². The molecule has 1 N–H and O–H groups in total. The van der Waals surface area contributed by atoms with Gasteiger partial charge in [-0.05, 0) is 0 Å². The Bertz CT molecular complexity index is 217. The second kappa shape index (κ2) is 10.8. The van der Waals surface area contributed by atoms with Gasteiger partial charge in [0, 0.05) is 30.7 Å². The fraction of sp³-hybridized carbons (Fsp3) is 1.00. The van der Waals surface area contributed by atoms with Gasteiger partial charge in [0.25, 0.3) is 0 Å². The van der Waals surface area contributed by atoms with Crippen molar-refractivity contribution in [3.8, 4) is 0 Å². The molecule has 0 aliphatic carbocycles. The van der Waals surface area contributed by atoms with E-state index in [2.05, 4.69) is 0 Å². The average Bonchev–Trinajstić information content (AvgIpc) is 2.33. The molecule has 0 bridgehead atoms. The maximum Gasteiger partial charge on any atom is 0.408 e. The standard InChI is InChI=1S/C8H17Cl3NO4P/c9-1-4-12(5-2-10)17(14,15-7-3-11)16-8-6-13/h13H,1-8H2/t17-/m0/s1. The number of hydrogen-bond donors (Lipinski definition) is 1. The highest BCUT2D eigenvalue weighted by atomic mass is 35.5. The minimum atomic E-state index is -3.48. The molecule has 0 aromatic rings. The summed E-state index contributed by atoms with van der Waals surface area (Å²) < 4.78 is 24.1. The number of aliphatic hydroxyl groups is 1. The first-order chi connectivity index (χ1) is 8.14. The van der Waals surface area contributed by atoms with Crippen molar-refractivity contribution in [1.82, 2.24) is 4.67 Å². The molecule has 9 heteroatoms. The van der Waals surface area contributed by atoms with E-state index in [-0.39, 0.29) is 37.5 Å². The lowest BCUT2D eigenvalue weighted by Gasteiger charge is -2.28.